The summed E-state index contributed by atoms with van der Waals surface area (Å²) in [5.41, 5.74) is 0.665. The molecule has 21 heavy (non-hydrogen) atoms. The smallest absolute Gasteiger partial charge is 0.357 e. The molecular weight excluding hydrogens is 295 g/mol. The van der Waals surface area contributed by atoms with E-state index in [-0.39, 0.29) is 22.0 Å². The Morgan fingerprint density at radius 1 is 1.38 bits per heavy atom. The van der Waals surface area contributed by atoms with Gasteiger partial charge in [0, 0.05) is 17.0 Å². The van der Waals surface area contributed by atoms with E-state index in [1.54, 1.807) is 6.07 Å². The normalized spacial score (nSPS) is 10.8. The third-order valence-corrected chi connectivity index (χ3v) is 3.84. The molecule has 0 unspecified atom stereocenters. The van der Waals surface area contributed by atoms with Gasteiger partial charge in [-0.2, -0.15) is 0 Å². The number of ether oxygens (including phenoxy) is 1. The van der Waals surface area contributed by atoms with E-state index in [2.05, 4.69) is 14.7 Å². The Hall–Kier alpha value is -2.54. The molecule has 0 aliphatic heterocycles. The molecule has 1 N–H and O–H groups in total. The molecule has 0 spiro atoms. The Kier molecular flexibility index (Phi) is 3.26. The number of nitrogens with one attached hydrogen (secondary N) is 1. The Morgan fingerprint density at radius 2 is 2.19 bits per heavy atom. The van der Waals surface area contributed by atoms with Crippen LogP contribution in [-0.4, -0.2) is 28.8 Å². The molecule has 3 aromatic rings. The molecular formula is C14H9FN2O3S. The van der Waals surface area contributed by atoms with Crippen LogP contribution in [0.5, 0.6) is 0 Å². The van der Waals surface area contributed by atoms with Gasteiger partial charge in [-0.3, -0.25) is 4.79 Å². The predicted octanol–water partition coefficient (Wildman–Crippen LogP) is 2.78. The summed E-state index contributed by atoms with van der Waals surface area (Å²) in [4.78, 5) is 30.4. The summed E-state index contributed by atoms with van der Waals surface area (Å²) in [7, 11) is 1.24. The first-order chi connectivity index (χ1) is 10.1. The molecule has 1 aromatic carbocycles. The van der Waals surface area contributed by atoms with Crippen molar-refractivity contribution in [1.29, 1.82) is 0 Å². The van der Waals surface area contributed by atoms with E-state index in [9.17, 15) is 14.0 Å². The average molecular weight is 304 g/mol. The Balaban J connectivity index is 2.03. The van der Waals surface area contributed by atoms with Crippen molar-refractivity contribution < 1.29 is 18.7 Å². The second kappa shape index (κ2) is 5.10. The van der Waals surface area contributed by atoms with Gasteiger partial charge in [0.05, 0.1) is 18.2 Å². The molecule has 0 aliphatic carbocycles. The first-order valence-electron chi connectivity index (χ1n) is 5.96. The number of H-pyrrole nitrogens is 1. The van der Waals surface area contributed by atoms with E-state index in [0.717, 1.165) is 11.3 Å². The van der Waals surface area contributed by atoms with Gasteiger partial charge in [0.1, 0.15) is 5.82 Å². The zero-order valence-electron chi connectivity index (χ0n) is 10.8. The van der Waals surface area contributed by atoms with Crippen molar-refractivity contribution in [2.24, 2.45) is 0 Å². The fourth-order valence-electron chi connectivity index (χ4n) is 2.00. The summed E-state index contributed by atoms with van der Waals surface area (Å²) < 4.78 is 18.1. The summed E-state index contributed by atoms with van der Waals surface area (Å²) >= 11 is 1.04. The first-order valence-corrected chi connectivity index (χ1v) is 6.84. The lowest BCUT2D eigenvalue weighted by atomic mass is 10.1. The number of nitrogens with zero attached hydrogens (tertiary/aromatic N) is 1. The first kappa shape index (κ1) is 13.4. The number of halogens is 1. The van der Waals surface area contributed by atoms with Crippen LogP contribution in [0.25, 0.3) is 10.9 Å². The number of rotatable bonds is 3. The van der Waals surface area contributed by atoms with Gasteiger partial charge in [-0.05, 0) is 6.07 Å². The van der Waals surface area contributed by atoms with Gasteiger partial charge in [-0.15, -0.1) is 11.3 Å². The number of hydrogen-bond donors (Lipinski definition) is 1. The zero-order chi connectivity index (χ0) is 15.0. The van der Waals surface area contributed by atoms with Crippen LogP contribution >= 0.6 is 11.3 Å². The third kappa shape index (κ3) is 2.21. The van der Waals surface area contributed by atoms with Gasteiger partial charge >= 0.3 is 5.97 Å². The van der Waals surface area contributed by atoms with E-state index < -0.39 is 11.8 Å². The summed E-state index contributed by atoms with van der Waals surface area (Å²) in [6.07, 6.45) is 1.44. The Bertz CT molecular complexity index is 853. The van der Waals surface area contributed by atoms with Crippen LogP contribution in [0.1, 0.15) is 25.9 Å². The highest BCUT2D eigenvalue weighted by Gasteiger charge is 2.20. The number of carbonyl (C=O) groups excluding carboxylic acids is 2. The summed E-state index contributed by atoms with van der Waals surface area (Å²) in [5, 5.41) is 2.09. The summed E-state index contributed by atoms with van der Waals surface area (Å²) in [6.45, 7) is 0. The van der Waals surface area contributed by atoms with Gasteiger partial charge in [-0.25, -0.2) is 14.2 Å². The number of benzene rings is 1. The zero-order valence-corrected chi connectivity index (χ0v) is 11.7. The molecule has 0 bridgehead atoms. The molecule has 0 atom stereocenters. The molecule has 2 aromatic heterocycles. The molecule has 0 fully saturated rings. The van der Waals surface area contributed by atoms with Crippen LogP contribution in [0.15, 0.2) is 29.8 Å². The highest BCUT2D eigenvalue weighted by molar-refractivity contribution is 7.12. The van der Waals surface area contributed by atoms with Crippen LogP contribution in [0, 0.1) is 5.82 Å². The highest BCUT2D eigenvalue weighted by atomic mass is 32.1. The van der Waals surface area contributed by atoms with E-state index in [1.165, 1.54) is 30.8 Å². The van der Waals surface area contributed by atoms with Gasteiger partial charge < -0.3 is 9.72 Å². The summed E-state index contributed by atoms with van der Waals surface area (Å²) in [6, 6.07) is 4.49. The van der Waals surface area contributed by atoms with Crippen molar-refractivity contribution in [3.63, 3.8) is 0 Å². The Morgan fingerprint density at radius 3 is 2.95 bits per heavy atom. The largest absolute Gasteiger partial charge is 0.464 e. The quantitative estimate of drug-likeness (QED) is 0.596. The lowest BCUT2D eigenvalue weighted by molar-refractivity contribution is 0.0595. The minimum Gasteiger partial charge on any atom is -0.464 e. The number of thiazole rings is 1. The average Bonchev–Trinajstić information content (AvgIpc) is 3.13. The van der Waals surface area contributed by atoms with Crippen molar-refractivity contribution in [3.05, 3.63) is 51.9 Å². The number of para-hydroxylation sites is 1. The third-order valence-electron chi connectivity index (χ3n) is 3.00. The van der Waals surface area contributed by atoms with Crippen molar-refractivity contribution >= 4 is 34.0 Å². The fourth-order valence-corrected chi connectivity index (χ4v) is 2.74. The van der Waals surface area contributed by atoms with Gasteiger partial charge in [0.15, 0.2) is 10.7 Å². The maximum Gasteiger partial charge on any atom is 0.357 e. The number of fused-ring (bicyclic) bond motifs is 1. The molecule has 0 amide bonds. The molecule has 0 aliphatic rings. The molecule has 5 nitrogen and oxygen atoms in total. The number of ketones is 1. The van der Waals surface area contributed by atoms with E-state index in [4.69, 9.17) is 0 Å². The van der Waals surface area contributed by atoms with Crippen LogP contribution in [0.4, 0.5) is 4.39 Å². The van der Waals surface area contributed by atoms with E-state index in [1.807, 2.05) is 0 Å². The fraction of sp³-hybridized carbons (Fsp3) is 0.0714. The standard InChI is InChI=1S/C14H9FN2O3S/c1-20-14(19)10-6-21-13(17-10)12(18)8-5-16-11-7(8)3-2-4-9(11)15/h2-6,16H,1H3. The van der Waals surface area contributed by atoms with E-state index in [0.29, 0.717) is 10.9 Å². The number of carbonyl (C=O) groups is 2. The maximum atomic E-state index is 13.6. The minimum atomic E-state index is -0.602. The Labute approximate surface area is 122 Å². The molecule has 106 valence electrons. The lowest BCUT2D eigenvalue weighted by Crippen LogP contribution is -2.04. The molecule has 3 rings (SSSR count). The van der Waals surface area contributed by atoms with Gasteiger partial charge in [0.25, 0.3) is 0 Å². The van der Waals surface area contributed by atoms with Crippen molar-refractivity contribution in [2.45, 2.75) is 0 Å². The lowest BCUT2D eigenvalue weighted by Gasteiger charge is -1.96. The SMILES string of the molecule is COC(=O)c1csc(C(=O)c2c[nH]c3c(F)cccc23)n1. The van der Waals surface area contributed by atoms with Crippen LogP contribution < -0.4 is 0 Å². The van der Waals surface area contributed by atoms with Crippen molar-refractivity contribution in [1.82, 2.24) is 9.97 Å². The topological polar surface area (TPSA) is 72.1 Å². The maximum absolute atomic E-state index is 13.6. The van der Waals surface area contributed by atoms with Crippen LogP contribution in [-0.2, 0) is 4.74 Å². The molecule has 2 heterocycles. The molecule has 0 saturated carbocycles. The molecule has 0 saturated heterocycles. The summed E-state index contributed by atoms with van der Waals surface area (Å²) in [5.74, 6) is -1.40. The highest BCUT2D eigenvalue weighted by Crippen LogP contribution is 2.24. The van der Waals surface area contributed by atoms with Gasteiger partial charge in [-0.1, -0.05) is 12.1 Å². The number of methoxy groups -OCH3 is 1. The van der Waals surface area contributed by atoms with E-state index >= 15 is 0 Å². The number of hydrogen-bond acceptors (Lipinski definition) is 5. The minimum absolute atomic E-state index is 0.0804. The van der Waals surface area contributed by atoms with Crippen LogP contribution in [0.2, 0.25) is 0 Å². The van der Waals surface area contributed by atoms with Crippen molar-refractivity contribution in [2.75, 3.05) is 7.11 Å². The number of esters is 1. The molecule has 7 heteroatoms. The number of aromatic nitrogens is 2. The van der Waals surface area contributed by atoms with Gasteiger partial charge in [0.2, 0.25) is 5.78 Å². The van der Waals surface area contributed by atoms with Crippen LogP contribution in [0.3, 0.4) is 0 Å². The predicted molar refractivity (Wildman–Crippen MR) is 75.1 cm³/mol. The monoisotopic (exact) mass is 304 g/mol. The second-order valence-corrected chi connectivity index (χ2v) is 5.08. The molecule has 0 radical (unpaired) electrons. The number of aromatic amines is 1. The van der Waals surface area contributed by atoms with Crippen molar-refractivity contribution in [3.8, 4) is 0 Å². The second-order valence-electron chi connectivity index (χ2n) is 4.22.